The summed E-state index contributed by atoms with van der Waals surface area (Å²) in [5.41, 5.74) is 3.15. The van der Waals surface area contributed by atoms with Gasteiger partial charge in [0.05, 0.1) is 31.5 Å². The standard InChI is InChI=1S/C28H29ClN4O4/c1-17(2)30-15-19-12-20(7-10-23(19)29)33-27(34)11-18-5-8-21(9-6-18)37-28-22-13-25(35-3)26(36-4)14-24(22)31-16-32-28/h5-10,12-14,16-17,30H,11,15H2,1-4H3,(H,33,34). The number of methoxy groups -OCH3 is 2. The Morgan fingerprint density at radius 3 is 2.41 bits per heavy atom. The Morgan fingerprint density at radius 1 is 0.973 bits per heavy atom. The van der Waals surface area contributed by atoms with Crippen molar-refractivity contribution < 1.29 is 19.0 Å². The summed E-state index contributed by atoms with van der Waals surface area (Å²) in [6.45, 7) is 4.77. The number of fused-ring (bicyclic) bond motifs is 1. The average Bonchev–Trinajstić information content (AvgIpc) is 2.89. The number of nitrogens with zero attached hydrogens (tertiary/aromatic N) is 2. The maximum atomic E-state index is 12.6. The lowest BCUT2D eigenvalue weighted by Gasteiger charge is -2.12. The third kappa shape index (κ3) is 6.67. The molecule has 2 N–H and O–H groups in total. The Bertz CT molecular complexity index is 1390. The van der Waals surface area contributed by atoms with Crippen LogP contribution in [0.1, 0.15) is 25.0 Å². The van der Waals surface area contributed by atoms with Crippen LogP contribution in [0.25, 0.3) is 10.9 Å². The Morgan fingerprint density at radius 2 is 1.70 bits per heavy atom. The molecule has 0 aliphatic heterocycles. The highest BCUT2D eigenvalue weighted by atomic mass is 35.5. The summed E-state index contributed by atoms with van der Waals surface area (Å²) in [6, 6.07) is 16.7. The number of rotatable bonds is 10. The number of hydrogen-bond donors (Lipinski definition) is 2. The summed E-state index contributed by atoms with van der Waals surface area (Å²) < 4.78 is 16.8. The summed E-state index contributed by atoms with van der Waals surface area (Å²) in [5, 5.41) is 7.63. The fourth-order valence-electron chi connectivity index (χ4n) is 3.72. The number of halogens is 1. The zero-order valence-corrected chi connectivity index (χ0v) is 21.9. The van der Waals surface area contributed by atoms with Gasteiger partial charge in [-0.1, -0.05) is 37.6 Å². The van der Waals surface area contributed by atoms with Gasteiger partial charge in [-0.05, 0) is 47.5 Å². The molecule has 1 heterocycles. The Hall–Kier alpha value is -3.88. The van der Waals surface area contributed by atoms with Crippen LogP contribution in [0.2, 0.25) is 5.02 Å². The zero-order chi connectivity index (χ0) is 26.4. The largest absolute Gasteiger partial charge is 0.493 e. The lowest BCUT2D eigenvalue weighted by Crippen LogP contribution is -2.22. The number of ether oxygens (including phenoxy) is 3. The number of amides is 1. The van der Waals surface area contributed by atoms with Crippen LogP contribution in [0, 0.1) is 0 Å². The quantitative estimate of drug-likeness (QED) is 0.274. The van der Waals surface area contributed by atoms with Crippen LogP contribution in [0.3, 0.4) is 0 Å². The minimum Gasteiger partial charge on any atom is -0.493 e. The molecule has 8 nitrogen and oxygen atoms in total. The summed E-state index contributed by atoms with van der Waals surface area (Å²) in [4.78, 5) is 21.2. The van der Waals surface area contributed by atoms with Crippen molar-refractivity contribution in [1.29, 1.82) is 0 Å². The number of nitrogens with one attached hydrogen (secondary N) is 2. The molecule has 0 aliphatic carbocycles. The number of anilines is 1. The molecule has 0 saturated carbocycles. The van der Waals surface area contributed by atoms with Gasteiger partial charge in [-0.2, -0.15) is 0 Å². The van der Waals surface area contributed by atoms with E-state index in [2.05, 4.69) is 34.4 Å². The molecule has 192 valence electrons. The number of benzene rings is 3. The van der Waals surface area contributed by atoms with Gasteiger partial charge < -0.3 is 24.8 Å². The van der Waals surface area contributed by atoms with Crippen molar-refractivity contribution in [3.63, 3.8) is 0 Å². The predicted octanol–water partition coefficient (Wildman–Crippen LogP) is 5.77. The molecule has 0 radical (unpaired) electrons. The second kappa shape index (κ2) is 11.9. The van der Waals surface area contributed by atoms with Crippen molar-refractivity contribution in [1.82, 2.24) is 15.3 Å². The Balaban J connectivity index is 1.42. The second-order valence-electron chi connectivity index (χ2n) is 8.72. The molecule has 0 fully saturated rings. The van der Waals surface area contributed by atoms with Gasteiger partial charge in [0, 0.05) is 29.4 Å². The molecule has 9 heteroatoms. The molecular weight excluding hydrogens is 492 g/mol. The molecule has 37 heavy (non-hydrogen) atoms. The van der Waals surface area contributed by atoms with E-state index in [0.29, 0.717) is 57.3 Å². The van der Waals surface area contributed by atoms with E-state index in [4.69, 9.17) is 25.8 Å². The summed E-state index contributed by atoms with van der Waals surface area (Å²) in [7, 11) is 3.14. The third-order valence-electron chi connectivity index (χ3n) is 5.64. The maximum absolute atomic E-state index is 12.6. The van der Waals surface area contributed by atoms with Crippen molar-refractivity contribution in [2.75, 3.05) is 19.5 Å². The van der Waals surface area contributed by atoms with Crippen molar-refractivity contribution in [3.8, 4) is 23.1 Å². The topological polar surface area (TPSA) is 94.6 Å². The first kappa shape index (κ1) is 26.2. The molecule has 0 spiro atoms. The molecule has 0 atom stereocenters. The van der Waals surface area contributed by atoms with Crippen molar-refractivity contribution in [3.05, 3.63) is 77.1 Å². The van der Waals surface area contributed by atoms with E-state index in [1.807, 2.05) is 18.2 Å². The highest BCUT2D eigenvalue weighted by Crippen LogP contribution is 2.35. The molecule has 0 saturated heterocycles. The highest BCUT2D eigenvalue weighted by molar-refractivity contribution is 6.31. The minimum atomic E-state index is -0.124. The highest BCUT2D eigenvalue weighted by Gasteiger charge is 2.13. The lowest BCUT2D eigenvalue weighted by atomic mass is 10.1. The van der Waals surface area contributed by atoms with Gasteiger partial charge >= 0.3 is 0 Å². The van der Waals surface area contributed by atoms with Gasteiger partial charge in [0.25, 0.3) is 0 Å². The number of carbonyl (C=O) groups is 1. The summed E-state index contributed by atoms with van der Waals surface area (Å²) in [5.74, 6) is 1.98. The van der Waals surface area contributed by atoms with Gasteiger partial charge in [0.2, 0.25) is 11.8 Å². The van der Waals surface area contributed by atoms with Crippen molar-refractivity contribution in [2.45, 2.75) is 32.9 Å². The van der Waals surface area contributed by atoms with Crippen LogP contribution in [-0.4, -0.2) is 36.1 Å². The SMILES string of the molecule is COc1cc2ncnc(Oc3ccc(CC(=O)Nc4ccc(Cl)c(CNC(C)C)c4)cc3)c2cc1OC. The molecular formula is C28H29ClN4O4. The van der Waals surface area contributed by atoms with Crippen molar-refractivity contribution in [2.24, 2.45) is 0 Å². The Labute approximate surface area is 220 Å². The second-order valence-corrected chi connectivity index (χ2v) is 9.12. The van der Waals surface area contributed by atoms with E-state index < -0.39 is 0 Å². The number of carbonyl (C=O) groups excluding carboxylic acids is 1. The fraction of sp³-hybridized carbons (Fsp3) is 0.250. The molecule has 1 amide bonds. The van der Waals surface area contributed by atoms with Crippen LogP contribution in [0.15, 0.2) is 60.9 Å². The van der Waals surface area contributed by atoms with E-state index in [1.54, 1.807) is 50.6 Å². The van der Waals surface area contributed by atoms with Gasteiger partial charge in [0.1, 0.15) is 12.1 Å². The molecule has 3 aromatic carbocycles. The molecule has 1 aromatic heterocycles. The van der Waals surface area contributed by atoms with Crippen molar-refractivity contribution >= 4 is 34.1 Å². The van der Waals surface area contributed by atoms with E-state index in [0.717, 1.165) is 11.1 Å². The van der Waals surface area contributed by atoms with E-state index >= 15 is 0 Å². The van der Waals surface area contributed by atoms with Crippen LogP contribution < -0.4 is 24.8 Å². The normalized spacial score (nSPS) is 11.0. The van der Waals surface area contributed by atoms with Gasteiger partial charge in [0.15, 0.2) is 11.5 Å². The summed E-state index contributed by atoms with van der Waals surface area (Å²) in [6.07, 6.45) is 1.65. The Kier molecular flexibility index (Phi) is 8.43. The number of aromatic nitrogens is 2. The van der Waals surface area contributed by atoms with Gasteiger partial charge in [-0.15, -0.1) is 0 Å². The van der Waals surface area contributed by atoms with Gasteiger partial charge in [-0.3, -0.25) is 4.79 Å². The van der Waals surface area contributed by atoms with E-state index in [1.165, 1.54) is 6.33 Å². The molecule has 4 aromatic rings. The zero-order valence-electron chi connectivity index (χ0n) is 21.2. The first-order valence-electron chi connectivity index (χ1n) is 11.8. The minimum absolute atomic E-state index is 0.124. The van der Waals surface area contributed by atoms with Crippen LogP contribution in [-0.2, 0) is 17.8 Å². The summed E-state index contributed by atoms with van der Waals surface area (Å²) >= 11 is 6.30. The van der Waals surface area contributed by atoms with Crippen LogP contribution in [0.4, 0.5) is 5.69 Å². The maximum Gasteiger partial charge on any atom is 0.230 e. The lowest BCUT2D eigenvalue weighted by molar-refractivity contribution is -0.115. The molecule has 0 bridgehead atoms. The van der Waals surface area contributed by atoms with Crippen LogP contribution in [0.5, 0.6) is 23.1 Å². The first-order valence-corrected chi connectivity index (χ1v) is 12.2. The van der Waals surface area contributed by atoms with Crippen LogP contribution >= 0.6 is 11.6 Å². The van der Waals surface area contributed by atoms with E-state index in [-0.39, 0.29) is 12.3 Å². The van der Waals surface area contributed by atoms with E-state index in [9.17, 15) is 4.79 Å². The third-order valence-corrected chi connectivity index (χ3v) is 6.01. The average molecular weight is 521 g/mol. The monoisotopic (exact) mass is 520 g/mol. The number of hydrogen-bond acceptors (Lipinski definition) is 7. The molecule has 4 rings (SSSR count). The first-order chi connectivity index (χ1) is 17.9. The smallest absolute Gasteiger partial charge is 0.230 e. The predicted molar refractivity (Wildman–Crippen MR) is 145 cm³/mol. The van der Waals surface area contributed by atoms with Gasteiger partial charge in [-0.25, -0.2) is 9.97 Å². The molecule has 0 unspecified atom stereocenters. The fourth-order valence-corrected chi connectivity index (χ4v) is 3.90. The molecule has 0 aliphatic rings.